The zero-order valence-electron chi connectivity index (χ0n) is 9.50. The number of nitrogens with zero attached hydrogens (tertiary/aromatic N) is 2. The van der Waals surface area contributed by atoms with Crippen LogP contribution in [-0.4, -0.2) is 29.3 Å². The van der Waals surface area contributed by atoms with E-state index < -0.39 is 0 Å². The SMILES string of the molecule is CNCCC(=O)NCc1cnn(C)c1C. The Hall–Kier alpha value is -1.36. The van der Waals surface area contributed by atoms with E-state index in [0.717, 1.165) is 11.3 Å². The fourth-order valence-corrected chi connectivity index (χ4v) is 1.24. The second-order valence-corrected chi connectivity index (χ2v) is 3.51. The van der Waals surface area contributed by atoms with E-state index in [0.29, 0.717) is 19.5 Å². The molecule has 0 aliphatic heterocycles. The average molecular weight is 210 g/mol. The van der Waals surface area contributed by atoms with Gasteiger partial charge in [-0.05, 0) is 14.0 Å². The van der Waals surface area contributed by atoms with Crippen LogP contribution in [0.4, 0.5) is 0 Å². The Labute approximate surface area is 89.9 Å². The van der Waals surface area contributed by atoms with Gasteiger partial charge in [-0.25, -0.2) is 0 Å². The van der Waals surface area contributed by atoms with Crippen molar-refractivity contribution in [2.24, 2.45) is 7.05 Å². The summed E-state index contributed by atoms with van der Waals surface area (Å²) >= 11 is 0. The van der Waals surface area contributed by atoms with Gasteiger partial charge >= 0.3 is 0 Å². The number of aryl methyl sites for hydroxylation is 1. The molecule has 1 heterocycles. The van der Waals surface area contributed by atoms with Crippen molar-refractivity contribution >= 4 is 5.91 Å². The van der Waals surface area contributed by atoms with Crippen LogP contribution in [0.1, 0.15) is 17.7 Å². The van der Waals surface area contributed by atoms with E-state index in [1.807, 2.05) is 21.0 Å². The van der Waals surface area contributed by atoms with Gasteiger partial charge in [0.05, 0.1) is 6.20 Å². The van der Waals surface area contributed by atoms with E-state index in [1.54, 1.807) is 10.9 Å². The monoisotopic (exact) mass is 210 g/mol. The number of amides is 1. The van der Waals surface area contributed by atoms with Crippen molar-refractivity contribution in [2.75, 3.05) is 13.6 Å². The molecule has 0 saturated carbocycles. The van der Waals surface area contributed by atoms with E-state index in [-0.39, 0.29) is 5.91 Å². The molecule has 0 atom stereocenters. The van der Waals surface area contributed by atoms with Crippen molar-refractivity contribution in [1.29, 1.82) is 0 Å². The standard InChI is InChI=1S/C10H18N4O/c1-8-9(7-13-14(8)3)6-12-10(15)4-5-11-2/h7,11H,4-6H2,1-3H3,(H,12,15). The van der Waals surface area contributed by atoms with Crippen LogP contribution in [0.15, 0.2) is 6.20 Å². The summed E-state index contributed by atoms with van der Waals surface area (Å²) in [6, 6.07) is 0. The first-order valence-corrected chi connectivity index (χ1v) is 5.04. The van der Waals surface area contributed by atoms with Gasteiger partial charge in [0.15, 0.2) is 0 Å². The van der Waals surface area contributed by atoms with E-state index >= 15 is 0 Å². The number of hydrogen-bond donors (Lipinski definition) is 2. The summed E-state index contributed by atoms with van der Waals surface area (Å²) in [4.78, 5) is 11.3. The van der Waals surface area contributed by atoms with Gasteiger partial charge in [0.1, 0.15) is 0 Å². The smallest absolute Gasteiger partial charge is 0.221 e. The molecule has 0 radical (unpaired) electrons. The second-order valence-electron chi connectivity index (χ2n) is 3.51. The molecule has 0 fully saturated rings. The molecule has 84 valence electrons. The van der Waals surface area contributed by atoms with Gasteiger partial charge in [-0.15, -0.1) is 0 Å². The largest absolute Gasteiger partial charge is 0.352 e. The molecule has 1 aromatic rings. The molecule has 5 nitrogen and oxygen atoms in total. The Morgan fingerprint density at radius 2 is 2.33 bits per heavy atom. The number of nitrogens with one attached hydrogen (secondary N) is 2. The molecule has 15 heavy (non-hydrogen) atoms. The molecule has 1 amide bonds. The third kappa shape index (κ3) is 3.36. The summed E-state index contributed by atoms with van der Waals surface area (Å²) in [5.41, 5.74) is 2.15. The minimum absolute atomic E-state index is 0.0626. The Morgan fingerprint density at radius 3 is 2.87 bits per heavy atom. The molecule has 1 aromatic heterocycles. The van der Waals surface area contributed by atoms with Crippen molar-refractivity contribution in [3.63, 3.8) is 0 Å². The Bertz CT molecular complexity index is 332. The third-order valence-corrected chi connectivity index (χ3v) is 2.41. The number of aromatic nitrogens is 2. The van der Waals surface area contributed by atoms with Gasteiger partial charge in [0.25, 0.3) is 0 Å². The fraction of sp³-hybridized carbons (Fsp3) is 0.600. The number of carbonyl (C=O) groups excluding carboxylic acids is 1. The van der Waals surface area contributed by atoms with Gasteiger partial charge in [-0.1, -0.05) is 0 Å². The predicted octanol–water partition coefficient (Wildman–Crippen LogP) is -0.0458. The minimum Gasteiger partial charge on any atom is -0.352 e. The van der Waals surface area contributed by atoms with Crippen LogP contribution in [0.3, 0.4) is 0 Å². The van der Waals surface area contributed by atoms with Crippen molar-refractivity contribution in [1.82, 2.24) is 20.4 Å². The zero-order valence-corrected chi connectivity index (χ0v) is 9.50. The quantitative estimate of drug-likeness (QED) is 0.716. The van der Waals surface area contributed by atoms with Crippen LogP contribution in [0.25, 0.3) is 0 Å². The van der Waals surface area contributed by atoms with E-state index in [1.165, 1.54) is 0 Å². The highest BCUT2D eigenvalue weighted by Crippen LogP contribution is 2.04. The zero-order chi connectivity index (χ0) is 11.3. The normalized spacial score (nSPS) is 10.3. The van der Waals surface area contributed by atoms with Crippen LogP contribution in [-0.2, 0) is 18.4 Å². The van der Waals surface area contributed by atoms with Gasteiger partial charge in [-0.2, -0.15) is 5.10 Å². The third-order valence-electron chi connectivity index (χ3n) is 2.41. The van der Waals surface area contributed by atoms with E-state index in [2.05, 4.69) is 15.7 Å². The van der Waals surface area contributed by atoms with Gasteiger partial charge < -0.3 is 10.6 Å². The highest BCUT2D eigenvalue weighted by Gasteiger charge is 2.05. The second kappa shape index (κ2) is 5.50. The Balaban J connectivity index is 2.37. The molecular formula is C10H18N4O. The molecule has 5 heteroatoms. The van der Waals surface area contributed by atoms with Crippen molar-refractivity contribution in [3.8, 4) is 0 Å². The number of hydrogen-bond acceptors (Lipinski definition) is 3. The van der Waals surface area contributed by atoms with Crippen molar-refractivity contribution < 1.29 is 4.79 Å². The fourth-order valence-electron chi connectivity index (χ4n) is 1.24. The molecule has 0 aliphatic carbocycles. The molecule has 0 aromatic carbocycles. The molecule has 2 N–H and O–H groups in total. The molecule has 0 bridgehead atoms. The Kier molecular flexibility index (Phi) is 4.30. The first-order valence-electron chi connectivity index (χ1n) is 5.04. The summed E-state index contributed by atoms with van der Waals surface area (Å²) in [6.07, 6.45) is 2.30. The van der Waals surface area contributed by atoms with Crippen LogP contribution in [0, 0.1) is 6.92 Å². The lowest BCUT2D eigenvalue weighted by atomic mass is 10.2. The summed E-state index contributed by atoms with van der Waals surface area (Å²) in [7, 11) is 3.72. The van der Waals surface area contributed by atoms with Crippen LogP contribution in [0.2, 0.25) is 0 Å². The van der Waals surface area contributed by atoms with Gasteiger partial charge in [0, 0.05) is 37.8 Å². The molecular weight excluding hydrogens is 192 g/mol. The minimum atomic E-state index is 0.0626. The van der Waals surface area contributed by atoms with E-state index in [4.69, 9.17) is 0 Å². The summed E-state index contributed by atoms with van der Waals surface area (Å²) in [5.74, 6) is 0.0626. The average Bonchev–Trinajstić information content (AvgIpc) is 2.54. The summed E-state index contributed by atoms with van der Waals surface area (Å²) < 4.78 is 1.80. The molecule has 0 aliphatic rings. The molecule has 1 rings (SSSR count). The van der Waals surface area contributed by atoms with Crippen molar-refractivity contribution in [2.45, 2.75) is 19.9 Å². The topological polar surface area (TPSA) is 59.0 Å². The molecule has 0 unspecified atom stereocenters. The highest BCUT2D eigenvalue weighted by molar-refractivity contribution is 5.76. The lowest BCUT2D eigenvalue weighted by Gasteiger charge is -2.04. The maximum absolute atomic E-state index is 11.3. The maximum atomic E-state index is 11.3. The van der Waals surface area contributed by atoms with Crippen LogP contribution in [0.5, 0.6) is 0 Å². The first kappa shape index (κ1) is 11.7. The number of rotatable bonds is 5. The van der Waals surface area contributed by atoms with Crippen LogP contribution >= 0.6 is 0 Å². The molecule has 0 spiro atoms. The van der Waals surface area contributed by atoms with Crippen LogP contribution < -0.4 is 10.6 Å². The molecule has 0 saturated heterocycles. The highest BCUT2D eigenvalue weighted by atomic mass is 16.1. The first-order chi connectivity index (χ1) is 7.15. The van der Waals surface area contributed by atoms with Gasteiger partial charge in [0.2, 0.25) is 5.91 Å². The maximum Gasteiger partial charge on any atom is 0.221 e. The lowest BCUT2D eigenvalue weighted by Crippen LogP contribution is -2.26. The van der Waals surface area contributed by atoms with Gasteiger partial charge in [-0.3, -0.25) is 9.48 Å². The Morgan fingerprint density at radius 1 is 1.60 bits per heavy atom. The lowest BCUT2D eigenvalue weighted by molar-refractivity contribution is -0.121. The van der Waals surface area contributed by atoms with E-state index in [9.17, 15) is 4.79 Å². The predicted molar refractivity (Wildman–Crippen MR) is 58.3 cm³/mol. The summed E-state index contributed by atoms with van der Waals surface area (Å²) in [6.45, 7) is 3.25. The van der Waals surface area contributed by atoms with Crippen molar-refractivity contribution in [3.05, 3.63) is 17.5 Å². The number of carbonyl (C=O) groups is 1. The summed E-state index contributed by atoms with van der Waals surface area (Å²) in [5, 5.41) is 9.90.